The van der Waals surface area contributed by atoms with Crippen LogP contribution >= 0.6 is 0 Å². The number of benzene rings is 1. The van der Waals surface area contributed by atoms with Crippen LogP contribution in [0.25, 0.3) is 22.5 Å². The predicted molar refractivity (Wildman–Crippen MR) is 110 cm³/mol. The van der Waals surface area contributed by atoms with Crippen LogP contribution in [0, 0.1) is 0 Å². The van der Waals surface area contributed by atoms with Crippen molar-refractivity contribution in [3.05, 3.63) is 60.7 Å². The molecule has 0 bridgehead atoms. The first-order valence-electron chi connectivity index (χ1n) is 9.53. The monoisotopic (exact) mass is 375 g/mol. The Bertz CT molecular complexity index is 962. The topological polar surface area (TPSA) is 54.3 Å². The zero-order valence-electron chi connectivity index (χ0n) is 16.5. The number of amides is 1. The van der Waals surface area contributed by atoms with Crippen LogP contribution in [0.3, 0.4) is 0 Å². The Balaban J connectivity index is 1.54. The molecule has 3 heterocycles. The fourth-order valence-electron chi connectivity index (χ4n) is 3.66. The normalized spacial score (nSPS) is 16.7. The molecule has 0 saturated carbocycles. The number of likely N-dealkylation sites (N-methyl/N-ethyl adjacent to an activating group) is 1. The highest BCUT2D eigenvalue weighted by atomic mass is 16.2. The van der Waals surface area contributed by atoms with Gasteiger partial charge < -0.3 is 14.4 Å². The Morgan fingerprint density at radius 3 is 2.43 bits per heavy atom. The third kappa shape index (κ3) is 3.55. The summed E-state index contributed by atoms with van der Waals surface area (Å²) in [7, 11) is 6.05. The fraction of sp³-hybridized carbons (Fsp3) is 0.318. The van der Waals surface area contributed by atoms with Gasteiger partial charge >= 0.3 is 0 Å². The van der Waals surface area contributed by atoms with Crippen LogP contribution in [0.15, 0.2) is 55.0 Å². The van der Waals surface area contributed by atoms with E-state index >= 15 is 0 Å². The van der Waals surface area contributed by atoms with E-state index in [1.807, 2.05) is 71.5 Å². The molecule has 1 aliphatic heterocycles. The maximum absolute atomic E-state index is 13.0. The number of aromatic nitrogens is 3. The molecule has 1 atom stereocenters. The second kappa shape index (κ2) is 7.56. The molecule has 0 radical (unpaired) electrons. The Morgan fingerprint density at radius 2 is 1.79 bits per heavy atom. The highest BCUT2D eigenvalue weighted by Crippen LogP contribution is 2.24. The minimum absolute atomic E-state index is 0.0833. The number of likely N-dealkylation sites (tertiary alicyclic amines) is 1. The van der Waals surface area contributed by atoms with E-state index in [1.54, 1.807) is 0 Å². The van der Waals surface area contributed by atoms with Crippen molar-refractivity contribution in [2.24, 2.45) is 7.05 Å². The molecule has 1 aromatic carbocycles. The Morgan fingerprint density at radius 1 is 1.07 bits per heavy atom. The summed E-state index contributed by atoms with van der Waals surface area (Å²) in [6, 6.07) is 12.3. The lowest BCUT2D eigenvalue weighted by Gasteiger charge is -2.20. The van der Waals surface area contributed by atoms with E-state index in [2.05, 4.69) is 29.0 Å². The number of rotatable bonds is 4. The van der Waals surface area contributed by atoms with Crippen molar-refractivity contribution < 1.29 is 4.79 Å². The minimum Gasteiger partial charge on any atom is -0.346 e. The highest BCUT2D eigenvalue weighted by molar-refractivity contribution is 5.94. The van der Waals surface area contributed by atoms with Crippen LogP contribution in [0.2, 0.25) is 0 Å². The van der Waals surface area contributed by atoms with E-state index in [0.29, 0.717) is 17.6 Å². The summed E-state index contributed by atoms with van der Waals surface area (Å²) in [6.07, 6.45) is 6.62. The molecule has 0 spiro atoms. The van der Waals surface area contributed by atoms with E-state index < -0.39 is 0 Å². The van der Waals surface area contributed by atoms with Crippen LogP contribution in [0.4, 0.5) is 0 Å². The SMILES string of the molecule is CN(C)C1CCN(C(=O)c2cc(-c3cnc(-c4ccccc4)nc3)cn2C)C1. The first-order valence-corrected chi connectivity index (χ1v) is 9.53. The lowest BCUT2D eigenvalue weighted by molar-refractivity contribution is 0.0773. The van der Waals surface area contributed by atoms with Gasteiger partial charge in [0.15, 0.2) is 5.82 Å². The van der Waals surface area contributed by atoms with Gasteiger partial charge in [-0.15, -0.1) is 0 Å². The van der Waals surface area contributed by atoms with Crippen molar-refractivity contribution in [1.82, 2.24) is 24.3 Å². The average molecular weight is 375 g/mol. The van der Waals surface area contributed by atoms with E-state index in [-0.39, 0.29) is 5.91 Å². The quantitative estimate of drug-likeness (QED) is 0.704. The molecular weight excluding hydrogens is 350 g/mol. The summed E-state index contributed by atoms with van der Waals surface area (Å²) in [6.45, 7) is 1.58. The number of aryl methyl sites for hydroxylation is 1. The first kappa shape index (κ1) is 18.4. The van der Waals surface area contributed by atoms with Crippen molar-refractivity contribution in [3.63, 3.8) is 0 Å². The molecule has 6 nitrogen and oxygen atoms in total. The highest BCUT2D eigenvalue weighted by Gasteiger charge is 2.29. The zero-order chi connectivity index (χ0) is 19.7. The molecular formula is C22H25N5O. The number of nitrogens with zero attached hydrogens (tertiary/aromatic N) is 5. The summed E-state index contributed by atoms with van der Waals surface area (Å²) in [4.78, 5) is 26.1. The Labute approximate surface area is 165 Å². The van der Waals surface area contributed by atoms with Crippen molar-refractivity contribution in [2.75, 3.05) is 27.2 Å². The zero-order valence-corrected chi connectivity index (χ0v) is 16.5. The molecule has 1 aliphatic rings. The van der Waals surface area contributed by atoms with Crippen LogP contribution in [-0.2, 0) is 7.05 Å². The van der Waals surface area contributed by atoms with Gasteiger partial charge in [0.25, 0.3) is 5.91 Å². The maximum Gasteiger partial charge on any atom is 0.270 e. The number of hydrogen-bond donors (Lipinski definition) is 0. The predicted octanol–water partition coefficient (Wildman–Crippen LogP) is 2.93. The van der Waals surface area contributed by atoms with Gasteiger partial charge in [-0.2, -0.15) is 0 Å². The van der Waals surface area contributed by atoms with E-state index in [4.69, 9.17) is 0 Å². The molecule has 0 N–H and O–H groups in total. The summed E-state index contributed by atoms with van der Waals surface area (Å²) in [5.74, 6) is 0.781. The molecule has 1 unspecified atom stereocenters. The molecule has 28 heavy (non-hydrogen) atoms. The lowest BCUT2D eigenvalue weighted by Crippen LogP contribution is -2.35. The largest absolute Gasteiger partial charge is 0.346 e. The maximum atomic E-state index is 13.0. The van der Waals surface area contributed by atoms with E-state index in [1.165, 1.54) is 0 Å². The van der Waals surface area contributed by atoms with Gasteiger partial charge in [-0.25, -0.2) is 9.97 Å². The molecule has 1 amide bonds. The summed E-state index contributed by atoms with van der Waals surface area (Å²) in [5, 5.41) is 0. The van der Waals surface area contributed by atoms with Crippen LogP contribution < -0.4 is 0 Å². The van der Waals surface area contributed by atoms with E-state index in [9.17, 15) is 4.79 Å². The average Bonchev–Trinajstić information content (AvgIpc) is 3.36. The van der Waals surface area contributed by atoms with Gasteiger partial charge in [0, 0.05) is 61.5 Å². The number of carbonyl (C=O) groups excluding carboxylic acids is 1. The van der Waals surface area contributed by atoms with Gasteiger partial charge in [0.1, 0.15) is 5.69 Å². The van der Waals surface area contributed by atoms with Crippen LogP contribution in [-0.4, -0.2) is 63.5 Å². The molecule has 3 aromatic rings. The summed E-state index contributed by atoms with van der Waals surface area (Å²) in [5.41, 5.74) is 3.54. The van der Waals surface area contributed by atoms with Crippen molar-refractivity contribution >= 4 is 5.91 Å². The second-order valence-corrected chi connectivity index (χ2v) is 7.54. The summed E-state index contributed by atoms with van der Waals surface area (Å²) < 4.78 is 1.89. The number of carbonyl (C=O) groups is 1. The smallest absolute Gasteiger partial charge is 0.270 e. The first-order chi connectivity index (χ1) is 13.5. The van der Waals surface area contributed by atoms with Gasteiger partial charge in [0.05, 0.1) is 0 Å². The third-order valence-electron chi connectivity index (χ3n) is 5.42. The van der Waals surface area contributed by atoms with Crippen LogP contribution in [0.5, 0.6) is 0 Å². The lowest BCUT2D eigenvalue weighted by atomic mass is 10.1. The molecule has 1 saturated heterocycles. The van der Waals surface area contributed by atoms with Gasteiger partial charge in [0.2, 0.25) is 0 Å². The molecule has 1 fully saturated rings. The van der Waals surface area contributed by atoms with E-state index in [0.717, 1.165) is 36.2 Å². The van der Waals surface area contributed by atoms with Gasteiger partial charge in [-0.3, -0.25) is 4.79 Å². The van der Waals surface area contributed by atoms with Crippen LogP contribution in [0.1, 0.15) is 16.9 Å². The molecule has 0 aliphatic carbocycles. The molecule has 144 valence electrons. The molecule has 2 aromatic heterocycles. The summed E-state index contributed by atoms with van der Waals surface area (Å²) >= 11 is 0. The van der Waals surface area contributed by atoms with Crippen molar-refractivity contribution in [1.29, 1.82) is 0 Å². The molecule has 4 rings (SSSR count). The Hall–Kier alpha value is -2.99. The van der Waals surface area contributed by atoms with Gasteiger partial charge in [-0.1, -0.05) is 30.3 Å². The van der Waals surface area contributed by atoms with Gasteiger partial charge in [-0.05, 0) is 26.6 Å². The second-order valence-electron chi connectivity index (χ2n) is 7.54. The van der Waals surface area contributed by atoms with Crippen molar-refractivity contribution in [2.45, 2.75) is 12.5 Å². The number of hydrogen-bond acceptors (Lipinski definition) is 4. The Kier molecular flexibility index (Phi) is 4.96. The van der Waals surface area contributed by atoms with Crippen molar-refractivity contribution in [3.8, 4) is 22.5 Å². The molecule has 6 heteroatoms. The minimum atomic E-state index is 0.0833. The third-order valence-corrected chi connectivity index (χ3v) is 5.42. The standard InChI is InChI=1S/C22H25N5O/c1-25(2)19-9-10-27(15-19)22(28)20-11-17(14-26(20)3)18-12-23-21(24-13-18)16-7-5-4-6-8-16/h4-8,11-14,19H,9-10,15H2,1-3H3. The fourth-order valence-corrected chi connectivity index (χ4v) is 3.66.